The van der Waals surface area contributed by atoms with Crippen molar-refractivity contribution >= 4 is 28.7 Å². The van der Waals surface area contributed by atoms with E-state index in [9.17, 15) is 10.1 Å². The Bertz CT molecular complexity index is 1100. The molecule has 0 bridgehead atoms. The van der Waals surface area contributed by atoms with E-state index in [0.717, 1.165) is 24.1 Å². The molecule has 1 aromatic heterocycles. The molecule has 2 aliphatic rings. The van der Waals surface area contributed by atoms with E-state index in [4.69, 9.17) is 9.47 Å². The highest BCUT2D eigenvalue weighted by atomic mass is 16.7. The van der Waals surface area contributed by atoms with Crippen molar-refractivity contribution in [1.29, 1.82) is 0 Å². The van der Waals surface area contributed by atoms with Crippen LogP contribution in [0.2, 0.25) is 0 Å². The molecule has 2 aromatic carbocycles. The average Bonchev–Trinajstić information content (AvgIpc) is 3.21. The second-order valence-electron chi connectivity index (χ2n) is 6.73. The van der Waals surface area contributed by atoms with E-state index in [1.807, 2.05) is 29.2 Å². The standard InChI is InChI=1S/C20H17N5O4/c26-25(27)18-19(23-14-7-8-16-17(10-14)29-12-28-16)21-11-22-20(18)24-9-3-5-13-4-1-2-6-15(13)24/h1-2,4,6-8,10-11H,3,5,9,12H2,(H,21,22,23). The summed E-state index contributed by atoms with van der Waals surface area (Å²) >= 11 is 0. The quantitative estimate of drug-likeness (QED) is 0.527. The molecule has 0 unspecified atom stereocenters. The molecule has 29 heavy (non-hydrogen) atoms. The number of rotatable bonds is 4. The van der Waals surface area contributed by atoms with Crippen molar-refractivity contribution in [2.75, 3.05) is 23.6 Å². The molecule has 2 aliphatic heterocycles. The SMILES string of the molecule is O=[N+]([O-])c1c(Nc2ccc3c(c2)OCO3)ncnc1N1CCCc2ccccc21. The van der Waals surface area contributed by atoms with E-state index in [1.54, 1.807) is 18.2 Å². The highest BCUT2D eigenvalue weighted by Crippen LogP contribution is 2.41. The first kappa shape index (κ1) is 17.2. The molecule has 0 radical (unpaired) electrons. The minimum absolute atomic E-state index is 0.127. The van der Waals surface area contributed by atoms with Gasteiger partial charge < -0.3 is 19.7 Å². The number of nitro groups is 1. The second kappa shape index (κ2) is 6.93. The lowest BCUT2D eigenvalue weighted by Gasteiger charge is -2.30. The Morgan fingerprint density at radius 3 is 2.86 bits per heavy atom. The Morgan fingerprint density at radius 1 is 1.10 bits per heavy atom. The van der Waals surface area contributed by atoms with Gasteiger partial charge in [0, 0.05) is 24.0 Å². The molecule has 0 fully saturated rings. The number of benzene rings is 2. The van der Waals surface area contributed by atoms with Gasteiger partial charge in [-0.05, 0) is 36.6 Å². The summed E-state index contributed by atoms with van der Waals surface area (Å²) in [4.78, 5) is 21.8. The Hall–Kier alpha value is -3.88. The van der Waals surface area contributed by atoms with Crippen molar-refractivity contribution in [3.63, 3.8) is 0 Å². The van der Waals surface area contributed by atoms with Gasteiger partial charge in [-0.25, -0.2) is 9.97 Å². The number of hydrogen-bond acceptors (Lipinski definition) is 8. The third kappa shape index (κ3) is 3.06. The van der Waals surface area contributed by atoms with Crippen LogP contribution in [0.1, 0.15) is 12.0 Å². The molecule has 3 heterocycles. The maximum absolute atomic E-state index is 12.0. The van der Waals surface area contributed by atoms with Crippen molar-refractivity contribution in [3.8, 4) is 11.5 Å². The van der Waals surface area contributed by atoms with E-state index in [0.29, 0.717) is 23.7 Å². The molecule has 9 heteroatoms. The van der Waals surface area contributed by atoms with Crippen LogP contribution in [0, 0.1) is 10.1 Å². The molecular formula is C20H17N5O4. The van der Waals surface area contributed by atoms with Crippen LogP contribution in [-0.4, -0.2) is 28.2 Å². The van der Waals surface area contributed by atoms with Crippen molar-refractivity contribution < 1.29 is 14.4 Å². The molecule has 5 rings (SSSR count). The Labute approximate surface area is 166 Å². The summed E-state index contributed by atoms with van der Waals surface area (Å²) in [6.07, 6.45) is 3.17. The van der Waals surface area contributed by atoms with Crippen LogP contribution in [0.15, 0.2) is 48.8 Å². The maximum Gasteiger partial charge on any atom is 0.354 e. The van der Waals surface area contributed by atoms with Crippen LogP contribution >= 0.6 is 0 Å². The number of anilines is 4. The van der Waals surface area contributed by atoms with Gasteiger partial charge in [0.05, 0.1) is 4.92 Å². The summed E-state index contributed by atoms with van der Waals surface area (Å²) in [7, 11) is 0. The fourth-order valence-corrected chi connectivity index (χ4v) is 3.69. The lowest BCUT2D eigenvalue weighted by Crippen LogP contribution is -2.26. The molecule has 1 N–H and O–H groups in total. The highest BCUT2D eigenvalue weighted by Gasteiger charge is 2.30. The van der Waals surface area contributed by atoms with Crippen LogP contribution in [0.25, 0.3) is 0 Å². The number of nitrogens with one attached hydrogen (secondary N) is 1. The zero-order valence-electron chi connectivity index (χ0n) is 15.4. The smallest absolute Gasteiger partial charge is 0.354 e. The van der Waals surface area contributed by atoms with Crippen molar-refractivity contribution in [3.05, 3.63) is 64.5 Å². The lowest BCUT2D eigenvalue weighted by molar-refractivity contribution is -0.383. The largest absolute Gasteiger partial charge is 0.454 e. The molecule has 0 amide bonds. The summed E-state index contributed by atoms with van der Waals surface area (Å²) in [6, 6.07) is 13.1. The first-order valence-electron chi connectivity index (χ1n) is 9.22. The lowest BCUT2D eigenvalue weighted by atomic mass is 10.0. The number of aromatic nitrogens is 2. The Morgan fingerprint density at radius 2 is 1.97 bits per heavy atom. The number of para-hydroxylation sites is 1. The van der Waals surface area contributed by atoms with E-state index >= 15 is 0 Å². The second-order valence-corrected chi connectivity index (χ2v) is 6.73. The third-order valence-electron chi connectivity index (χ3n) is 4.99. The van der Waals surface area contributed by atoms with Gasteiger partial charge in [-0.15, -0.1) is 0 Å². The summed E-state index contributed by atoms with van der Waals surface area (Å²) in [6.45, 7) is 0.809. The van der Waals surface area contributed by atoms with Crippen LogP contribution in [0.5, 0.6) is 11.5 Å². The van der Waals surface area contributed by atoms with Crippen LogP contribution in [0.3, 0.4) is 0 Å². The van der Waals surface area contributed by atoms with Crippen molar-refractivity contribution in [2.24, 2.45) is 0 Å². The summed E-state index contributed by atoms with van der Waals surface area (Å²) in [5.74, 6) is 1.62. The van der Waals surface area contributed by atoms with Gasteiger partial charge >= 0.3 is 5.69 Å². The Kier molecular flexibility index (Phi) is 4.12. The van der Waals surface area contributed by atoms with Crippen LogP contribution in [-0.2, 0) is 6.42 Å². The fraction of sp³-hybridized carbons (Fsp3) is 0.200. The third-order valence-corrected chi connectivity index (χ3v) is 4.99. The van der Waals surface area contributed by atoms with Crippen molar-refractivity contribution in [1.82, 2.24) is 9.97 Å². The molecule has 3 aromatic rings. The molecule has 0 atom stereocenters. The zero-order chi connectivity index (χ0) is 19.8. The monoisotopic (exact) mass is 391 g/mol. The average molecular weight is 391 g/mol. The minimum atomic E-state index is -0.443. The molecule has 0 aliphatic carbocycles. The number of ether oxygens (including phenoxy) is 2. The number of nitrogens with zero attached hydrogens (tertiary/aromatic N) is 4. The summed E-state index contributed by atoms with van der Waals surface area (Å²) in [5.41, 5.74) is 2.54. The molecule has 0 saturated carbocycles. The van der Waals surface area contributed by atoms with Crippen molar-refractivity contribution in [2.45, 2.75) is 12.8 Å². The molecule has 9 nitrogen and oxygen atoms in total. The highest BCUT2D eigenvalue weighted by molar-refractivity contribution is 5.79. The normalized spacial score (nSPS) is 14.4. The first-order valence-corrected chi connectivity index (χ1v) is 9.22. The van der Waals surface area contributed by atoms with Gasteiger partial charge in [0.1, 0.15) is 6.33 Å². The molecular weight excluding hydrogens is 374 g/mol. The molecule has 0 saturated heterocycles. The van der Waals surface area contributed by atoms with Gasteiger partial charge in [0.25, 0.3) is 0 Å². The van der Waals surface area contributed by atoms with E-state index in [-0.39, 0.29) is 24.1 Å². The van der Waals surface area contributed by atoms with Gasteiger partial charge in [-0.2, -0.15) is 0 Å². The minimum Gasteiger partial charge on any atom is -0.454 e. The van der Waals surface area contributed by atoms with E-state index < -0.39 is 4.92 Å². The first-order chi connectivity index (χ1) is 14.2. The van der Waals surface area contributed by atoms with Gasteiger partial charge in [0.15, 0.2) is 11.5 Å². The predicted octanol–water partition coefficient (Wildman–Crippen LogP) is 3.94. The van der Waals surface area contributed by atoms with Crippen LogP contribution < -0.4 is 19.7 Å². The fourth-order valence-electron chi connectivity index (χ4n) is 3.69. The number of fused-ring (bicyclic) bond motifs is 2. The van der Waals surface area contributed by atoms with E-state index in [1.165, 1.54) is 6.33 Å². The van der Waals surface area contributed by atoms with E-state index in [2.05, 4.69) is 15.3 Å². The van der Waals surface area contributed by atoms with Gasteiger partial charge in [-0.3, -0.25) is 10.1 Å². The summed E-state index contributed by atoms with van der Waals surface area (Å²) < 4.78 is 10.7. The maximum atomic E-state index is 12.0. The molecule has 146 valence electrons. The zero-order valence-corrected chi connectivity index (χ0v) is 15.4. The summed E-state index contributed by atoms with van der Waals surface area (Å²) in [5, 5.41) is 15.0. The predicted molar refractivity (Wildman–Crippen MR) is 106 cm³/mol. The number of hydrogen-bond donors (Lipinski definition) is 1. The topological polar surface area (TPSA) is 103 Å². The molecule has 0 spiro atoms. The number of aryl methyl sites for hydroxylation is 1. The Balaban J connectivity index is 1.56. The van der Waals surface area contributed by atoms with Gasteiger partial charge in [0.2, 0.25) is 18.4 Å². The van der Waals surface area contributed by atoms with Gasteiger partial charge in [-0.1, -0.05) is 18.2 Å². The van der Waals surface area contributed by atoms with Crippen LogP contribution in [0.4, 0.5) is 28.7 Å².